The number of aryl methyl sites for hydroxylation is 4. The van der Waals surface area contributed by atoms with Crippen molar-refractivity contribution in [2.75, 3.05) is 0 Å². The highest BCUT2D eigenvalue weighted by molar-refractivity contribution is 6.86. The van der Waals surface area contributed by atoms with Gasteiger partial charge < -0.3 is 0 Å². The molecule has 0 aromatic heterocycles. The molecule has 2 aromatic rings. The highest BCUT2D eigenvalue weighted by Gasteiger charge is 2.56. The zero-order chi connectivity index (χ0) is 20.5. The van der Waals surface area contributed by atoms with Crippen LogP contribution in [0, 0.1) is 20.8 Å². The van der Waals surface area contributed by atoms with Gasteiger partial charge >= 0.3 is 0 Å². The molecular formula is C28H34Si. The van der Waals surface area contributed by atoms with Crippen LogP contribution in [-0.4, -0.2) is 8.07 Å². The first-order chi connectivity index (χ1) is 13.9. The third-order valence-corrected chi connectivity index (χ3v) is 14.7. The highest BCUT2D eigenvalue weighted by atomic mass is 28.3. The fourth-order valence-corrected chi connectivity index (χ4v) is 13.5. The van der Waals surface area contributed by atoms with Crippen LogP contribution in [0.3, 0.4) is 0 Å². The number of hydrogen-bond donors (Lipinski definition) is 0. The van der Waals surface area contributed by atoms with E-state index in [-0.39, 0.29) is 0 Å². The van der Waals surface area contributed by atoms with Gasteiger partial charge in [-0.25, -0.2) is 0 Å². The van der Waals surface area contributed by atoms with Crippen molar-refractivity contribution in [1.29, 1.82) is 0 Å². The topological polar surface area (TPSA) is 0 Å². The first kappa shape index (κ1) is 19.1. The van der Waals surface area contributed by atoms with Crippen molar-refractivity contribution in [1.82, 2.24) is 0 Å². The monoisotopic (exact) mass is 398 g/mol. The lowest BCUT2D eigenvalue weighted by Gasteiger charge is -2.51. The summed E-state index contributed by atoms with van der Waals surface area (Å²) >= 11 is 0. The van der Waals surface area contributed by atoms with Crippen molar-refractivity contribution in [3.8, 4) is 0 Å². The lowest BCUT2D eigenvalue weighted by Crippen LogP contribution is -2.53. The van der Waals surface area contributed by atoms with Gasteiger partial charge in [-0.05, 0) is 85.5 Å². The van der Waals surface area contributed by atoms with Crippen LogP contribution < -0.4 is 0 Å². The molecule has 2 aromatic carbocycles. The Morgan fingerprint density at radius 3 is 1.79 bits per heavy atom. The summed E-state index contributed by atoms with van der Waals surface area (Å²) in [6.45, 7) is 14.2. The minimum atomic E-state index is -1.56. The van der Waals surface area contributed by atoms with Crippen LogP contribution in [0.5, 0.6) is 0 Å². The van der Waals surface area contributed by atoms with Crippen LogP contribution in [0.2, 0.25) is 12.1 Å². The lowest BCUT2D eigenvalue weighted by atomic mass is 9.97. The van der Waals surface area contributed by atoms with E-state index in [1.54, 1.807) is 39.0 Å². The summed E-state index contributed by atoms with van der Waals surface area (Å²) in [5, 5.41) is 0. The molecule has 0 bridgehead atoms. The standard InChI is InChI=1S/C28H34Si/c1-7-22-12-11-19(4)26-24(22)16-21(6)28(26)29(13-8-14-29)27-20(5)15-23-17(2)9-10-18(3)25(23)27/h9-12,15-16,27-28H,7-8,13-14H2,1-6H3. The molecule has 0 radical (unpaired) electrons. The molecule has 3 aliphatic rings. The molecule has 150 valence electrons. The van der Waals surface area contributed by atoms with Gasteiger partial charge in [-0.1, -0.05) is 73.0 Å². The zero-order valence-electron chi connectivity index (χ0n) is 18.9. The smallest absolute Gasteiger partial charge is 0.0678 e. The van der Waals surface area contributed by atoms with Gasteiger partial charge in [0.2, 0.25) is 0 Å². The lowest BCUT2D eigenvalue weighted by molar-refractivity contribution is 0.777. The first-order valence-corrected chi connectivity index (χ1v) is 14.0. The van der Waals surface area contributed by atoms with Gasteiger partial charge in [0.25, 0.3) is 0 Å². The predicted octanol–water partition coefficient (Wildman–Crippen LogP) is 7.81. The van der Waals surface area contributed by atoms with E-state index in [2.05, 4.69) is 78.0 Å². The van der Waals surface area contributed by atoms with E-state index in [0.717, 1.165) is 6.42 Å². The van der Waals surface area contributed by atoms with Crippen molar-refractivity contribution in [3.63, 3.8) is 0 Å². The Labute approximate surface area is 177 Å². The molecule has 0 saturated carbocycles. The average Bonchev–Trinajstić information content (AvgIpc) is 3.18. The maximum atomic E-state index is 2.57. The van der Waals surface area contributed by atoms with Crippen LogP contribution >= 0.6 is 0 Å². The molecule has 2 atom stereocenters. The van der Waals surface area contributed by atoms with Crippen molar-refractivity contribution in [2.45, 2.75) is 77.6 Å². The molecule has 1 aliphatic heterocycles. The summed E-state index contributed by atoms with van der Waals surface area (Å²) in [5.41, 5.74) is 17.3. The van der Waals surface area contributed by atoms with E-state index < -0.39 is 8.07 Å². The Morgan fingerprint density at radius 1 is 0.724 bits per heavy atom. The molecule has 1 heteroatoms. The molecule has 2 aliphatic carbocycles. The molecule has 2 unspecified atom stereocenters. The normalized spacial score (nSPS) is 23.9. The van der Waals surface area contributed by atoms with Crippen molar-refractivity contribution in [2.24, 2.45) is 0 Å². The van der Waals surface area contributed by atoms with Gasteiger partial charge in [0.05, 0.1) is 8.07 Å². The van der Waals surface area contributed by atoms with Crippen molar-refractivity contribution < 1.29 is 0 Å². The Morgan fingerprint density at radius 2 is 1.24 bits per heavy atom. The third kappa shape index (κ3) is 2.49. The van der Waals surface area contributed by atoms with Gasteiger partial charge in [0.1, 0.15) is 0 Å². The van der Waals surface area contributed by atoms with Gasteiger partial charge in [-0.3, -0.25) is 0 Å². The Bertz CT molecular complexity index is 1080. The fourth-order valence-electron chi connectivity index (χ4n) is 6.97. The van der Waals surface area contributed by atoms with Crippen LogP contribution in [0.4, 0.5) is 0 Å². The minimum Gasteiger partial charge on any atom is -0.0678 e. The predicted molar refractivity (Wildman–Crippen MR) is 129 cm³/mol. The summed E-state index contributed by atoms with van der Waals surface area (Å²) in [6.07, 6.45) is 7.68. The molecule has 1 fully saturated rings. The van der Waals surface area contributed by atoms with Crippen LogP contribution in [0.1, 0.15) is 82.8 Å². The average molecular weight is 399 g/mol. The van der Waals surface area contributed by atoms with E-state index in [1.165, 1.54) is 35.2 Å². The molecule has 0 spiro atoms. The summed E-state index contributed by atoms with van der Waals surface area (Å²) < 4.78 is 0. The summed E-state index contributed by atoms with van der Waals surface area (Å²) in [5.74, 6) is 0. The van der Waals surface area contributed by atoms with E-state index >= 15 is 0 Å². The largest absolute Gasteiger partial charge is 0.0781 e. The van der Waals surface area contributed by atoms with E-state index in [1.807, 2.05) is 0 Å². The molecule has 1 saturated heterocycles. The summed E-state index contributed by atoms with van der Waals surface area (Å²) in [7, 11) is -1.56. The molecule has 5 rings (SSSR count). The molecule has 0 nitrogen and oxygen atoms in total. The SMILES string of the molecule is CCc1ccc(C)c2c1C=C(C)C2[Si]1(C2C(C)=Cc3c(C)ccc(C)c32)CCC1. The van der Waals surface area contributed by atoms with Gasteiger partial charge in [-0.15, -0.1) is 0 Å². The molecule has 1 heterocycles. The van der Waals surface area contributed by atoms with Crippen LogP contribution in [0.15, 0.2) is 35.4 Å². The van der Waals surface area contributed by atoms with E-state index in [0.29, 0.717) is 11.1 Å². The third-order valence-electron chi connectivity index (χ3n) is 8.37. The molecule has 0 N–H and O–H groups in total. The maximum Gasteiger partial charge on any atom is 0.0781 e. The summed E-state index contributed by atoms with van der Waals surface area (Å²) in [6, 6.07) is 12.4. The maximum absolute atomic E-state index is 2.57. The number of hydrogen-bond acceptors (Lipinski definition) is 0. The van der Waals surface area contributed by atoms with Gasteiger partial charge in [0.15, 0.2) is 0 Å². The Kier molecular flexibility index (Phi) is 4.33. The molecular weight excluding hydrogens is 364 g/mol. The number of fused-ring (bicyclic) bond motifs is 2. The molecule has 0 amide bonds. The van der Waals surface area contributed by atoms with Crippen molar-refractivity contribution in [3.05, 3.63) is 79.9 Å². The molecule has 29 heavy (non-hydrogen) atoms. The van der Waals surface area contributed by atoms with E-state index in [9.17, 15) is 0 Å². The number of allylic oxidation sites excluding steroid dienone is 2. The van der Waals surface area contributed by atoms with Crippen LogP contribution in [0.25, 0.3) is 12.2 Å². The second-order valence-electron chi connectivity index (χ2n) is 9.98. The van der Waals surface area contributed by atoms with Crippen molar-refractivity contribution >= 4 is 20.2 Å². The fraction of sp³-hybridized carbons (Fsp3) is 0.429. The number of rotatable bonds is 3. The summed E-state index contributed by atoms with van der Waals surface area (Å²) in [4.78, 5) is 0. The second-order valence-corrected chi connectivity index (χ2v) is 14.6. The zero-order valence-corrected chi connectivity index (χ0v) is 19.9. The Balaban J connectivity index is 1.72. The van der Waals surface area contributed by atoms with E-state index in [4.69, 9.17) is 0 Å². The number of benzene rings is 2. The highest BCUT2D eigenvalue weighted by Crippen LogP contribution is 2.61. The minimum absolute atomic E-state index is 0.704. The van der Waals surface area contributed by atoms with Crippen LogP contribution in [-0.2, 0) is 6.42 Å². The van der Waals surface area contributed by atoms with Gasteiger partial charge in [0, 0.05) is 11.1 Å². The van der Waals surface area contributed by atoms with Gasteiger partial charge in [-0.2, -0.15) is 0 Å². The first-order valence-electron chi connectivity index (χ1n) is 11.5. The quantitative estimate of drug-likeness (QED) is 0.462. The Hall–Kier alpha value is -1.86. The second kappa shape index (κ2) is 6.57.